The molecule has 4 aromatic carbocycles. The van der Waals surface area contributed by atoms with Crippen molar-refractivity contribution in [1.82, 2.24) is 5.32 Å². The molecule has 3 N–H and O–H groups in total. The van der Waals surface area contributed by atoms with Crippen LogP contribution in [0.2, 0.25) is 0 Å². The molecule has 0 bridgehead atoms. The van der Waals surface area contributed by atoms with Crippen LogP contribution in [0.25, 0.3) is 0 Å². The molecule has 0 spiro atoms. The zero-order valence-electron chi connectivity index (χ0n) is 28.8. The second-order valence-corrected chi connectivity index (χ2v) is 17.4. The molecule has 51 heavy (non-hydrogen) atoms. The van der Waals surface area contributed by atoms with Gasteiger partial charge in [0.1, 0.15) is 34.5 Å². The summed E-state index contributed by atoms with van der Waals surface area (Å²) >= 11 is 0. The molecule has 6 rings (SSSR count). The van der Waals surface area contributed by atoms with Crippen LogP contribution in [0.15, 0.2) is 106 Å². The first-order valence-corrected chi connectivity index (χ1v) is 19.8. The molecule has 0 amide bonds. The van der Waals surface area contributed by atoms with Crippen molar-refractivity contribution in [2.45, 2.75) is 57.2 Å². The van der Waals surface area contributed by atoms with Gasteiger partial charge in [-0.15, -0.1) is 4.40 Å². The number of fused-ring (bicyclic) bond motifs is 2. The van der Waals surface area contributed by atoms with Crippen LogP contribution in [0, 0.1) is 11.3 Å². The van der Waals surface area contributed by atoms with Crippen LogP contribution in [0.1, 0.15) is 60.7 Å². The number of amidine groups is 1. The highest BCUT2D eigenvalue weighted by Gasteiger charge is 2.54. The van der Waals surface area contributed by atoms with E-state index in [0.717, 1.165) is 23.4 Å². The highest BCUT2D eigenvalue weighted by atomic mass is 32.2. The van der Waals surface area contributed by atoms with Crippen LogP contribution in [-0.4, -0.2) is 40.5 Å². The molecule has 0 fully saturated rings. The summed E-state index contributed by atoms with van der Waals surface area (Å²) in [4.78, 5) is 28.9. The average molecular weight is 729 g/mol. The van der Waals surface area contributed by atoms with Gasteiger partial charge in [-0.1, -0.05) is 87.5 Å². The number of hydrogen-bond donors (Lipinski definition) is 3. The molecule has 4 aromatic rings. The zero-order valence-corrected chi connectivity index (χ0v) is 30.4. The monoisotopic (exact) mass is 728 g/mol. The standard InChI is InChI=1S/C38H40N4O7S2/c1-37(2,3)19-20-38(39-23-26-13-10-14-28(21-26)49-24-25-11-6-5-7-12-25)30-16-9-8-15-29(30)34(43)33(35(38)44)36-40-31-18-17-27(41-50(4,45)46)22-32(31)51(47,48)42-36/h5-18,21-22,33,39,41H,19-20,23-24H2,1-4H3,(H,40,42). The summed E-state index contributed by atoms with van der Waals surface area (Å²) in [5.74, 6) is -2.31. The van der Waals surface area contributed by atoms with Gasteiger partial charge in [0, 0.05) is 17.8 Å². The van der Waals surface area contributed by atoms with Crippen LogP contribution in [0.4, 0.5) is 11.4 Å². The lowest BCUT2D eigenvalue weighted by Gasteiger charge is -2.43. The van der Waals surface area contributed by atoms with Gasteiger partial charge in [-0.2, -0.15) is 8.42 Å². The first-order chi connectivity index (χ1) is 24.0. The van der Waals surface area contributed by atoms with E-state index < -0.39 is 43.1 Å². The van der Waals surface area contributed by atoms with Crippen molar-refractivity contribution in [3.8, 4) is 5.75 Å². The fraction of sp³-hybridized carbons (Fsp3) is 0.289. The van der Waals surface area contributed by atoms with Gasteiger partial charge in [0.25, 0.3) is 10.0 Å². The zero-order chi connectivity index (χ0) is 36.6. The molecule has 1 heterocycles. The van der Waals surface area contributed by atoms with Gasteiger partial charge in [0.2, 0.25) is 10.0 Å². The summed E-state index contributed by atoms with van der Waals surface area (Å²) in [6.45, 7) is 6.84. The van der Waals surface area contributed by atoms with Gasteiger partial charge in [0.05, 0.1) is 11.9 Å². The maximum absolute atomic E-state index is 15.0. The number of sulfonamides is 2. The van der Waals surface area contributed by atoms with E-state index in [4.69, 9.17) is 4.74 Å². The minimum Gasteiger partial charge on any atom is -0.489 e. The summed E-state index contributed by atoms with van der Waals surface area (Å²) in [6, 6.07) is 28.2. The molecule has 0 saturated heterocycles. The van der Waals surface area contributed by atoms with Crippen molar-refractivity contribution < 1.29 is 31.2 Å². The van der Waals surface area contributed by atoms with E-state index in [0.29, 0.717) is 36.3 Å². The number of nitrogens with one attached hydrogen (secondary N) is 3. The Balaban J connectivity index is 1.37. The predicted octanol–water partition coefficient (Wildman–Crippen LogP) is 6.04. The number of ether oxygens (including phenoxy) is 1. The van der Waals surface area contributed by atoms with E-state index in [1.54, 1.807) is 24.3 Å². The Morgan fingerprint density at radius 3 is 2.33 bits per heavy atom. The first-order valence-electron chi connectivity index (χ1n) is 16.5. The number of hydrogen-bond acceptors (Lipinski definition) is 9. The van der Waals surface area contributed by atoms with E-state index in [9.17, 15) is 21.6 Å². The van der Waals surface area contributed by atoms with Crippen LogP contribution >= 0.6 is 0 Å². The van der Waals surface area contributed by atoms with Gasteiger partial charge < -0.3 is 10.1 Å². The lowest BCUT2D eigenvalue weighted by molar-refractivity contribution is -0.128. The second-order valence-electron chi connectivity index (χ2n) is 14.1. The minimum atomic E-state index is -4.45. The number of anilines is 2. The number of carbonyl (C=O) groups excluding carboxylic acids is 2. The highest BCUT2D eigenvalue weighted by molar-refractivity contribution is 7.92. The number of ketones is 2. The molecule has 2 unspecified atom stereocenters. The summed E-state index contributed by atoms with van der Waals surface area (Å²) in [7, 11) is -8.14. The molecule has 11 nitrogen and oxygen atoms in total. The minimum absolute atomic E-state index is 0.0268. The fourth-order valence-electron chi connectivity index (χ4n) is 6.38. The third-order valence-corrected chi connectivity index (χ3v) is 10.8. The molecule has 0 radical (unpaired) electrons. The second kappa shape index (κ2) is 13.7. The van der Waals surface area contributed by atoms with Gasteiger partial charge in [-0.3, -0.25) is 19.6 Å². The lowest BCUT2D eigenvalue weighted by atomic mass is 9.66. The average Bonchev–Trinajstić information content (AvgIpc) is 3.07. The first kappa shape index (κ1) is 36.0. The molecule has 2 atom stereocenters. The molecule has 13 heteroatoms. The number of benzene rings is 4. The third-order valence-electron chi connectivity index (χ3n) is 8.91. The maximum atomic E-state index is 15.0. The largest absolute Gasteiger partial charge is 0.489 e. The van der Waals surface area contributed by atoms with E-state index >= 15 is 4.79 Å². The number of Topliss-reactive ketones (excluding diaryl/α,β-unsaturated/α-hetero) is 2. The van der Waals surface area contributed by atoms with Gasteiger partial charge >= 0.3 is 0 Å². The van der Waals surface area contributed by atoms with Crippen LogP contribution in [-0.2, 0) is 43.5 Å². The van der Waals surface area contributed by atoms with Gasteiger partial charge in [0.15, 0.2) is 11.6 Å². The van der Waals surface area contributed by atoms with Crippen molar-refractivity contribution in [3.63, 3.8) is 0 Å². The van der Waals surface area contributed by atoms with Crippen molar-refractivity contribution in [2.75, 3.05) is 16.3 Å². The molecule has 266 valence electrons. The van der Waals surface area contributed by atoms with Crippen molar-refractivity contribution in [2.24, 2.45) is 15.7 Å². The molecule has 1 aliphatic heterocycles. The third kappa shape index (κ3) is 7.90. The molecule has 0 saturated carbocycles. The maximum Gasteiger partial charge on any atom is 0.286 e. The van der Waals surface area contributed by atoms with Crippen molar-refractivity contribution in [3.05, 3.63) is 119 Å². The Hall–Kier alpha value is -4.85. The summed E-state index contributed by atoms with van der Waals surface area (Å²) < 4.78 is 63.0. The van der Waals surface area contributed by atoms with Crippen molar-refractivity contribution in [1.29, 1.82) is 0 Å². The topological polar surface area (TPSA) is 160 Å². The molecular formula is C38H40N4O7S2. The van der Waals surface area contributed by atoms with Crippen LogP contribution in [0.5, 0.6) is 5.75 Å². The number of carbonyl (C=O) groups is 2. The van der Waals surface area contributed by atoms with E-state index in [1.165, 1.54) is 12.1 Å². The van der Waals surface area contributed by atoms with E-state index in [-0.39, 0.29) is 34.1 Å². The molecule has 0 aromatic heterocycles. The highest BCUT2D eigenvalue weighted by Crippen LogP contribution is 2.43. The molecule has 2 aliphatic rings. The Labute approximate surface area is 298 Å². The van der Waals surface area contributed by atoms with Gasteiger partial charge in [-0.05, 0) is 65.3 Å². The van der Waals surface area contributed by atoms with Crippen LogP contribution in [0.3, 0.4) is 0 Å². The van der Waals surface area contributed by atoms with Crippen LogP contribution < -0.4 is 20.1 Å². The van der Waals surface area contributed by atoms with Crippen molar-refractivity contribution >= 4 is 48.8 Å². The SMILES string of the molecule is CC(C)(C)CCC1(NCc2cccc(OCc3ccccc3)c2)C(=O)C(C2=NS(=O)(=O)c3cc(NS(C)(=O)=O)ccc3N2)C(=O)c2ccccc21. The summed E-state index contributed by atoms with van der Waals surface area (Å²) in [5.41, 5.74) is 1.21. The van der Waals surface area contributed by atoms with E-state index in [1.807, 2.05) is 54.6 Å². The number of nitrogens with zero attached hydrogens (tertiary/aromatic N) is 1. The lowest BCUT2D eigenvalue weighted by Crippen LogP contribution is -2.59. The Kier molecular flexibility index (Phi) is 9.66. The predicted molar refractivity (Wildman–Crippen MR) is 197 cm³/mol. The fourth-order valence-corrected chi connectivity index (χ4v) is 8.12. The normalized spacial score (nSPS) is 19.7. The smallest absolute Gasteiger partial charge is 0.286 e. The Morgan fingerprint density at radius 2 is 1.61 bits per heavy atom. The quantitative estimate of drug-likeness (QED) is 0.157. The molecular weight excluding hydrogens is 689 g/mol. The van der Waals surface area contributed by atoms with E-state index in [2.05, 4.69) is 40.5 Å². The number of rotatable bonds is 11. The Bertz CT molecular complexity index is 2250. The molecule has 1 aliphatic carbocycles. The Morgan fingerprint density at radius 1 is 0.902 bits per heavy atom. The summed E-state index contributed by atoms with van der Waals surface area (Å²) in [5, 5.41) is 6.47. The summed E-state index contributed by atoms with van der Waals surface area (Å²) in [6.07, 6.45) is 1.86. The van der Waals surface area contributed by atoms with Gasteiger partial charge in [-0.25, -0.2) is 8.42 Å².